The number of thiol groups is 1. The van der Waals surface area contributed by atoms with Crippen LogP contribution in [0.4, 0.5) is 5.69 Å². The van der Waals surface area contributed by atoms with E-state index in [0.717, 1.165) is 37.2 Å². The Morgan fingerprint density at radius 1 is 1.39 bits per heavy atom. The number of phenolic OH excluding ortho intramolecular Hbond substituents is 1. The summed E-state index contributed by atoms with van der Waals surface area (Å²) in [5.41, 5.74) is 1.50. The predicted octanol–water partition coefficient (Wildman–Crippen LogP) is 1.56. The quantitative estimate of drug-likeness (QED) is 0.727. The van der Waals surface area contributed by atoms with Crippen LogP contribution < -0.4 is 4.90 Å². The van der Waals surface area contributed by atoms with Crippen LogP contribution in [-0.2, 0) is 11.4 Å². The molecule has 0 amide bonds. The lowest BCUT2D eigenvalue weighted by atomic mass is 9.97. The maximum atomic E-state index is 11.2. The molecule has 1 fully saturated rings. The first-order valence-corrected chi connectivity index (χ1v) is 6.47. The molecule has 0 unspecified atom stereocenters. The molecule has 2 N–H and O–H groups in total. The Bertz CT molecular complexity index is 442. The number of carbonyl (C=O) groups excluding carboxylic acids is 1. The number of aliphatic hydroxyl groups is 1. The summed E-state index contributed by atoms with van der Waals surface area (Å²) in [7, 11) is 0. The lowest BCUT2D eigenvalue weighted by molar-refractivity contribution is -0.114. The second kappa shape index (κ2) is 5.63. The van der Waals surface area contributed by atoms with Gasteiger partial charge < -0.3 is 15.1 Å². The SMILES string of the molecule is O=C(S)C1CCN(c2cc(CO)ccc2O)CC1. The summed E-state index contributed by atoms with van der Waals surface area (Å²) >= 11 is 3.87. The zero-order valence-electron chi connectivity index (χ0n) is 10.0. The fraction of sp³-hybridized carbons (Fsp3) is 0.462. The minimum absolute atomic E-state index is 0.0211. The van der Waals surface area contributed by atoms with Crippen molar-refractivity contribution in [3.63, 3.8) is 0 Å². The van der Waals surface area contributed by atoms with E-state index in [9.17, 15) is 9.90 Å². The minimum Gasteiger partial charge on any atom is -0.506 e. The highest BCUT2D eigenvalue weighted by Gasteiger charge is 2.24. The fourth-order valence-corrected chi connectivity index (χ4v) is 2.55. The zero-order valence-corrected chi connectivity index (χ0v) is 10.9. The van der Waals surface area contributed by atoms with Gasteiger partial charge in [-0.15, -0.1) is 12.6 Å². The predicted molar refractivity (Wildman–Crippen MR) is 73.0 cm³/mol. The van der Waals surface area contributed by atoms with E-state index in [0.29, 0.717) is 0 Å². The smallest absolute Gasteiger partial charge is 0.189 e. The van der Waals surface area contributed by atoms with Crippen molar-refractivity contribution in [1.29, 1.82) is 0 Å². The second-order valence-corrected chi connectivity index (χ2v) is 5.02. The zero-order chi connectivity index (χ0) is 13.1. The average molecular weight is 267 g/mol. The lowest BCUT2D eigenvalue weighted by Gasteiger charge is -2.32. The number of benzene rings is 1. The van der Waals surface area contributed by atoms with Crippen molar-refractivity contribution >= 4 is 23.4 Å². The molecule has 18 heavy (non-hydrogen) atoms. The monoisotopic (exact) mass is 267 g/mol. The summed E-state index contributed by atoms with van der Waals surface area (Å²) in [6, 6.07) is 5.08. The third-order valence-electron chi connectivity index (χ3n) is 3.41. The van der Waals surface area contributed by atoms with Crippen molar-refractivity contribution in [1.82, 2.24) is 0 Å². The third-order valence-corrected chi connectivity index (χ3v) is 3.77. The molecule has 1 aliphatic rings. The number of nitrogens with zero attached hydrogens (tertiary/aromatic N) is 1. The number of hydrogen-bond acceptors (Lipinski definition) is 4. The molecular weight excluding hydrogens is 250 g/mol. The van der Waals surface area contributed by atoms with E-state index in [1.165, 1.54) is 0 Å². The molecule has 0 saturated carbocycles. The van der Waals surface area contributed by atoms with E-state index in [1.54, 1.807) is 18.2 Å². The molecule has 0 bridgehead atoms. The van der Waals surface area contributed by atoms with E-state index < -0.39 is 0 Å². The van der Waals surface area contributed by atoms with Gasteiger partial charge in [0.25, 0.3) is 0 Å². The van der Waals surface area contributed by atoms with Gasteiger partial charge in [-0.1, -0.05) is 6.07 Å². The molecule has 1 aliphatic heterocycles. The van der Waals surface area contributed by atoms with Crippen LogP contribution in [0.3, 0.4) is 0 Å². The molecule has 0 aromatic heterocycles. The molecule has 5 heteroatoms. The van der Waals surface area contributed by atoms with Crippen LogP contribution in [0.2, 0.25) is 0 Å². The van der Waals surface area contributed by atoms with Crippen molar-refractivity contribution in [3.05, 3.63) is 23.8 Å². The number of piperidine rings is 1. The van der Waals surface area contributed by atoms with Crippen LogP contribution in [0.15, 0.2) is 18.2 Å². The number of hydrogen-bond donors (Lipinski definition) is 3. The number of anilines is 1. The molecule has 0 aliphatic carbocycles. The molecule has 4 nitrogen and oxygen atoms in total. The van der Waals surface area contributed by atoms with Gasteiger partial charge in [0, 0.05) is 19.0 Å². The van der Waals surface area contributed by atoms with Crippen LogP contribution in [0, 0.1) is 5.92 Å². The van der Waals surface area contributed by atoms with Gasteiger partial charge in [0.05, 0.1) is 12.3 Å². The van der Waals surface area contributed by atoms with Gasteiger partial charge in [-0.25, -0.2) is 0 Å². The summed E-state index contributed by atoms with van der Waals surface area (Å²) in [6.07, 6.45) is 1.51. The first kappa shape index (κ1) is 13.2. The summed E-state index contributed by atoms with van der Waals surface area (Å²) < 4.78 is 0. The Balaban J connectivity index is 2.11. The van der Waals surface area contributed by atoms with Gasteiger partial charge in [-0.05, 0) is 30.5 Å². The molecule has 0 radical (unpaired) electrons. The first-order chi connectivity index (χ1) is 8.61. The van der Waals surface area contributed by atoms with Crippen LogP contribution in [0.1, 0.15) is 18.4 Å². The average Bonchev–Trinajstić information content (AvgIpc) is 2.39. The number of aromatic hydroxyl groups is 1. The molecule has 1 aromatic carbocycles. The van der Waals surface area contributed by atoms with Gasteiger partial charge >= 0.3 is 0 Å². The van der Waals surface area contributed by atoms with Crippen LogP contribution >= 0.6 is 12.6 Å². The van der Waals surface area contributed by atoms with Crippen molar-refractivity contribution in [2.75, 3.05) is 18.0 Å². The van der Waals surface area contributed by atoms with Crippen molar-refractivity contribution in [2.45, 2.75) is 19.4 Å². The van der Waals surface area contributed by atoms with E-state index in [4.69, 9.17) is 5.11 Å². The van der Waals surface area contributed by atoms with Crippen molar-refractivity contribution in [3.8, 4) is 5.75 Å². The summed E-state index contributed by atoms with van der Waals surface area (Å²) in [5.74, 6) is 0.232. The maximum absolute atomic E-state index is 11.2. The number of carbonyl (C=O) groups is 1. The van der Waals surface area contributed by atoms with Gasteiger partial charge in [-0.3, -0.25) is 4.79 Å². The Morgan fingerprint density at radius 2 is 2.06 bits per heavy atom. The molecular formula is C13H17NO3S. The molecule has 2 rings (SSSR count). The lowest BCUT2D eigenvalue weighted by Crippen LogP contribution is -2.35. The van der Waals surface area contributed by atoms with Gasteiger partial charge in [0.15, 0.2) is 5.12 Å². The van der Waals surface area contributed by atoms with Crippen LogP contribution in [-0.4, -0.2) is 28.4 Å². The largest absolute Gasteiger partial charge is 0.506 e. The molecule has 1 heterocycles. The van der Waals surface area contributed by atoms with E-state index >= 15 is 0 Å². The normalized spacial score (nSPS) is 16.9. The molecule has 98 valence electrons. The van der Waals surface area contributed by atoms with Gasteiger partial charge in [0.1, 0.15) is 5.75 Å². The van der Waals surface area contributed by atoms with E-state index in [1.807, 2.05) is 4.90 Å². The first-order valence-electron chi connectivity index (χ1n) is 6.02. The maximum Gasteiger partial charge on any atom is 0.189 e. The van der Waals surface area contributed by atoms with E-state index in [-0.39, 0.29) is 23.4 Å². The topological polar surface area (TPSA) is 60.8 Å². The Labute approximate surface area is 112 Å². The van der Waals surface area contributed by atoms with Crippen LogP contribution in [0.5, 0.6) is 5.75 Å². The summed E-state index contributed by atoms with van der Waals surface area (Å²) in [6.45, 7) is 1.40. The van der Waals surface area contributed by atoms with Crippen LogP contribution in [0.25, 0.3) is 0 Å². The standard InChI is InChI=1S/C13H17NO3S/c15-8-9-1-2-12(16)11(7-9)14-5-3-10(4-6-14)13(17)18/h1-2,7,10,15-16H,3-6,8H2,(H,17,18). The summed E-state index contributed by atoms with van der Waals surface area (Å²) in [5, 5.41) is 18.9. The van der Waals surface area contributed by atoms with E-state index in [2.05, 4.69) is 12.6 Å². The van der Waals surface area contributed by atoms with Crippen molar-refractivity contribution in [2.24, 2.45) is 5.92 Å². The minimum atomic E-state index is -0.0528. The highest BCUT2D eigenvalue weighted by atomic mass is 32.1. The Morgan fingerprint density at radius 3 is 2.61 bits per heavy atom. The highest BCUT2D eigenvalue weighted by molar-refractivity contribution is 7.96. The fourth-order valence-electron chi connectivity index (χ4n) is 2.29. The van der Waals surface area contributed by atoms with Crippen molar-refractivity contribution < 1.29 is 15.0 Å². The molecule has 0 atom stereocenters. The molecule has 1 aromatic rings. The number of aliphatic hydroxyl groups excluding tert-OH is 1. The number of phenols is 1. The summed E-state index contributed by atoms with van der Waals surface area (Å²) in [4.78, 5) is 13.2. The highest BCUT2D eigenvalue weighted by Crippen LogP contribution is 2.32. The third kappa shape index (κ3) is 2.79. The molecule has 1 saturated heterocycles. The van der Waals surface area contributed by atoms with Gasteiger partial charge in [-0.2, -0.15) is 0 Å². The van der Waals surface area contributed by atoms with Gasteiger partial charge in [0.2, 0.25) is 0 Å². The second-order valence-electron chi connectivity index (χ2n) is 4.58. The molecule has 0 spiro atoms. The Hall–Kier alpha value is -1.20. The Kier molecular flexibility index (Phi) is 4.14. The number of rotatable bonds is 3.